The fourth-order valence-corrected chi connectivity index (χ4v) is 3.18. The van der Waals surface area contributed by atoms with E-state index in [1.165, 1.54) is 0 Å². The molecular formula is C30H54O7. The number of carbonyl (C=O) groups excluding carboxylic acids is 4. The van der Waals surface area contributed by atoms with Gasteiger partial charge in [0.1, 0.15) is 25.6 Å². The molecule has 0 saturated heterocycles. The molecule has 37 heavy (non-hydrogen) atoms. The minimum Gasteiger partial charge on any atom is -0.367 e. The molecule has 1 unspecified atom stereocenters. The molecule has 7 nitrogen and oxygen atoms in total. The van der Waals surface area contributed by atoms with Crippen LogP contribution in [-0.2, 0) is 33.4 Å². The average molecular weight is 527 g/mol. The number of Topliss-reactive ketones (excluding diaryl/α,β-unsaturated/α-hetero) is 3. The number of ether oxygens (including phenoxy) is 3. The largest absolute Gasteiger partial charge is 0.367 e. The Morgan fingerprint density at radius 1 is 0.622 bits per heavy atom. The second-order valence-corrected chi connectivity index (χ2v) is 14.4. The second kappa shape index (κ2) is 11.4. The van der Waals surface area contributed by atoms with Crippen LogP contribution in [0.5, 0.6) is 0 Å². The number of ketones is 3. The van der Waals surface area contributed by atoms with E-state index in [0.717, 1.165) is 6.29 Å². The van der Waals surface area contributed by atoms with Gasteiger partial charge < -0.3 is 19.0 Å². The highest BCUT2D eigenvalue weighted by Crippen LogP contribution is 2.41. The van der Waals surface area contributed by atoms with Crippen molar-refractivity contribution in [3.8, 4) is 0 Å². The summed E-state index contributed by atoms with van der Waals surface area (Å²) in [4.78, 5) is 50.8. The first-order valence-electron chi connectivity index (χ1n) is 13.1. The average Bonchev–Trinajstić information content (AvgIpc) is 2.73. The molecule has 216 valence electrons. The third-order valence-electron chi connectivity index (χ3n) is 8.98. The maximum Gasteiger partial charge on any atom is 0.169 e. The van der Waals surface area contributed by atoms with E-state index in [4.69, 9.17) is 14.2 Å². The molecule has 0 heterocycles. The summed E-state index contributed by atoms with van der Waals surface area (Å²) in [6.45, 7) is 28.2. The lowest BCUT2D eigenvalue weighted by Crippen LogP contribution is -2.55. The predicted octanol–water partition coefficient (Wildman–Crippen LogP) is 5.79. The first-order chi connectivity index (χ1) is 16.1. The third kappa shape index (κ3) is 8.03. The van der Waals surface area contributed by atoms with E-state index < -0.39 is 44.6 Å². The molecule has 0 spiro atoms. The molecule has 0 aromatic heterocycles. The predicted molar refractivity (Wildman–Crippen MR) is 147 cm³/mol. The van der Waals surface area contributed by atoms with Crippen molar-refractivity contribution < 1.29 is 33.4 Å². The van der Waals surface area contributed by atoms with Crippen LogP contribution in [0, 0.1) is 21.7 Å². The van der Waals surface area contributed by atoms with Crippen LogP contribution in [0.3, 0.4) is 0 Å². The summed E-state index contributed by atoms with van der Waals surface area (Å²) in [5, 5.41) is 0. The Hall–Kier alpha value is -1.44. The van der Waals surface area contributed by atoms with E-state index in [9.17, 15) is 19.2 Å². The van der Waals surface area contributed by atoms with E-state index in [0.29, 0.717) is 0 Å². The Morgan fingerprint density at radius 2 is 1.03 bits per heavy atom. The van der Waals surface area contributed by atoms with Gasteiger partial charge in [0.25, 0.3) is 0 Å². The molecule has 7 heteroatoms. The number of hydrogen-bond donors (Lipinski definition) is 0. The SMILES string of the molecule is CC(OC(C)(C)C(C)(C)C(=O)COC(C)(C)C(C)(C)C=O)C(=O)C(C)(C)C(C)(C)OCC(=O)C(C)(C)C. The maximum atomic E-state index is 13.6. The summed E-state index contributed by atoms with van der Waals surface area (Å²) >= 11 is 0. The van der Waals surface area contributed by atoms with Crippen LogP contribution in [0.25, 0.3) is 0 Å². The Morgan fingerprint density at radius 3 is 1.43 bits per heavy atom. The molecule has 0 fully saturated rings. The summed E-state index contributed by atoms with van der Waals surface area (Å²) in [5.41, 5.74) is -6.11. The van der Waals surface area contributed by atoms with Crippen LogP contribution in [0.1, 0.15) is 111 Å². The summed E-state index contributed by atoms with van der Waals surface area (Å²) < 4.78 is 18.1. The Bertz CT molecular complexity index is 852. The summed E-state index contributed by atoms with van der Waals surface area (Å²) in [7, 11) is 0. The second-order valence-electron chi connectivity index (χ2n) is 14.4. The molecule has 0 aromatic carbocycles. The van der Waals surface area contributed by atoms with Crippen LogP contribution in [0.2, 0.25) is 0 Å². The number of rotatable bonds is 15. The zero-order valence-electron chi connectivity index (χ0n) is 26.4. The maximum absolute atomic E-state index is 13.6. The minimum absolute atomic E-state index is 0.0450. The van der Waals surface area contributed by atoms with Crippen LogP contribution < -0.4 is 0 Å². The zero-order chi connectivity index (χ0) is 30.1. The van der Waals surface area contributed by atoms with Crippen molar-refractivity contribution in [2.45, 2.75) is 134 Å². The topological polar surface area (TPSA) is 96.0 Å². The molecule has 0 aliphatic carbocycles. The lowest BCUT2D eigenvalue weighted by atomic mass is 9.71. The van der Waals surface area contributed by atoms with Gasteiger partial charge in [0, 0.05) is 10.8 Å². The Labute approximate surface area is 225 Å². The quantitative estimate of drug-likeness (QED) is 0.249. The summed E-state index contributed by atoms with van der Waals surface area (Å²) in [6, 6.07) is 0. The van der Waals surface area contributed by atoms with Crippen molar-refractivity contribution in [1.29, 1.82) is 0 Å². The van der Waals surface area contributed by atoms with E-state index in [-0.39, 0.29) is 30.6 Å². The molecule has 0 radical (unpaired) electrons. The van der Waals surface area contributed by atoms with Gasteiger partial charge >= 0.3 is 0 Å². The Kier molecular flexibility index (Phi) is 10.9. The molecule has 0 bridgehead atoms. The molecule has 0 aromatic rings. The fraction of sp³-hybridized carbons (Fsp3) is 0.867. The normalized spacial score (nSPS) is 15.4. The molecule has 0 amide bonds. The highest BCUT2D eigenvalue weighted by Gasteiger charge is 2.50. The molecule has 0 aliphatic rings. The molecule has 1 atom stereocenters. The third-order valence-corrected chi connectivity index (χ3v) is 8.98. The fourth-order valence-electron chi connectivity index (χ4n) is 3.18. The molecule has 0 N–H and O–H groups in total. The summed E-state index contributed by atoms with van der Waals surface area (Å²) in [5.74, 6) is -0.436. The lowest BCUT2D eigenvalue weighted by Gasteiger charge is -2.45. The van der Waals surface area contributed by atoms with Crippen molar-refractivity contribution in [1.82, 2.24) is 0 Å². The lowest BCUT2D eigenvalue weighted by molar-refractivity contribution is -0.185. The number of carbonyl (C=O) groups is 4. The van der Waals surface area contributed by atoms with Gasteiger partial charge in [-0.05, 0) is 48.5 Å². The van der Waals surface area contributed by atoms with Gasteiger partial charge in [0.2, 0.25) is 0 Å². The van der Waals surface area contributed by atoms with E-state index in [1.54, 1.807) is 90.0 Å². The van der Waals surface area contributed by atoms with Gasteiger partial charge in [-0.15, -0.1) is 0 Å². The van der Waals surface area contributed by atoms with Gasteiger partial charge in [0.15, 0.2) is 17.3 Å². The van der Waals surface area contributed by atoms with Gasteiger partial charge in [-0.25, -0.2) is 0 Å². The van der Waals surface area contributed by atoms with Crippen molar-refractivity contribution >= 4 is 23.6 Å². The first-order valence-corrected chi connectivity index (χ1v) is 13.1. The highest BCUT2D eigenvalue weighted by atomic mass is 16.5. The van der Waals surface area contributed by atoms with Crippen molar-refractivity contribution in [3.05, 3.63) is 0 Å². The number of aldehydes is 1. The smallest absolute Gasteiger partial charge is 0.169 e. The van der Waals surface area contributed by atoms with Crippen molar-refractivity contribution in [3.63, 3.8) is 0 Å². The van der Waals surface area contributed by atoms with Gasteiger partial charge in [0.05, 0.1) is 27.6 Å². The van der Waals surface area contributed by atoms with Crippen LogP contribution >= 0.6 is 0 Å². The van der Waals surface area contributed by atoms with E-state index in [1.807, 2.05) is 20.8 Å². The van der Waals surface area contributed by atoms with Gasteiger partial charge in [-0.3, -0.25) is 14.4 Å². The zero-order valence-corrected chi connectivity index (χ0v) is 26.4. The summed E-state index contributed by atoms with van der Waals surface area (Å²) in [6.07, 6.45) is -0.0146. The van der Waals surface area contributed by atoms with Crippen molar-refractivity contribution in [2.75, 3.05) is 13.2 Å². The molecule has 0 saturated carbocycles. The molecular weight excluding hydrogens is 472 g/mol. The highest BCUT2D eigenvalue weighted by molar-refractivity contribution is 5.90. The van der Waals surface area contributed by atoms with Crippen LogP contribution in [0.15, 0.2) is 0 Å². The molecule has 0 rings (SSSR count). The van der Waals surface area contributed by atoms with Crippen molar-refractivity contribution in [2.24, 2.45) is 21.7 Å². The van der Waals surface area contributed by atoms with E-state index >= 15 is 0 Å². The van der Waals surface area contributed by atoms with Gasteiger partial charge in [-0.2, -0.15) is 0 Å². The van der Waals surface area contributed by atoms with E-state index in [2.05, 4.69) is 0 Å². The Balaban J connectivity index is 5.60. The van der Waals surface area contributed by atoms with Gasteiger partial charge in [-0.1, -0.05) is 62.3 Å². The standard InChI is InChI=1S/C30H54O7/c1-20(23(34)27(9,10)29(13,14)36-17-21(32)24(2,3)4)37-30(15,16)26(7,8)22(33)18-35-28(11,12)25(5,6)19-31/h19-20H,17-18H2,1-16H3. The number of hydrogen-bond acceptors (Lipinski definition) is 7. The van der Waals surface area contributed by atoms with Crippen LogP contribution in [-0.4, -0.2) is 59.8 Å². The first kappa shape index (κ1) is 35.6. The van der Waals surface area contributed by atoms with Crippen LogP contribution in [0.4, 0.5) is 0 Å². The minimum atomic E-state index is -1.02. The monoisotopic (exact) mass is 526 g/mol. The molecule has 0 aliphatic heterocycles.